The fraction of sp³-hybridized carbons (Fsp3) is 0.923. The van der Waals surface area contributed by atoms with Crippen molar-refractivity contribution in [2.24, 2.45) is 10.9 Å². The van der Waals surface area contributed by atoms with Gasteiger partial charge in [0.05, 0.1) is 0 Å². The Labute approximate surface area is 130 Å². The summed E-state index contributed by atoms with van der Waals surface area (Å²) in [6.45, 7) is 10.8. The van der Waals surface area contributed by atoms with Gasteiger partial charge in [0.25, 0.3) is 0 Å². The molecule has 0 spiro atoms. The molecular weight excluding hydrogens is 339 g/mol. The monoisotopic (exact) mass is 370 g/mol. The number of likely N-dealkylation sites (N-methyl/N-ethyl adjacent to an activating group) is 1. The SMILES string of the molecule is CCN(C)CCNC(=NC)NCCCC(C)C.I. The fourth-order valence-corrected chi connectivity index (χ4v) is 1.46. The molecule has 0 radical (unpaired) electrons. The summed E-state index contributed by atoms with van der Waals surface area (Å²) in [6.07, 6.45) is 2.47. The third-order valence-electron chi connectivity index (χ3n) is 2.80. The van der Waals surface area contributed by atoms with Crippen LogP contribution in [0.5, 0.6) is 0 Å². The number of guanidine groups is 1. The maximum absolute atomic E-state index is 4.20. The first kappa shape index (κ1) is 20.3. The predicted molar refractivity (Wildman–Crippen MR) is 92.0 cm³/mol. The first-order valence-electron chi connectivity index (χ1n) is 6.73. The van der Waals surface area contributed by atoms with Gasteiger partial charge >= 0.3 is 0 Å². The van der Waals surface area contributed by atoms with Crippen LogP contribution in [0.4, 0.5) is 0 Å². The Morgan fingerprint density at radius 1 is 1.22 bits per heavy atom. The van der Waals surface area contributed by atoms with E-state index in [1.165, 1.54) is 12.8 Å². The third kappa shape index (κ3) is 12.4. The highest BCUT2D eigenvalue weighted by Crippen LogP contribution is 2.01. The van der Waals surface area contributed by atoms with E-state index < -0.39 is 0 Å². The summed E-state index contributed by atoms with van der Waals surface area (Å²) in [4.78, 5) is 6.48. The van der Waals surface area contributed by atoms with Crippen molar-refractivity contribution in [1.82, 2.24) is 15.5 Å². The van der Waals surface area contributed by atoms with Crippen LogP contribution in [0.15, 0.2) is 4.99 Å². The van der Waals surface area contributed by atoms with Gasteiger partial charge in [-0.3, -0.25) is 4.99 Å². The predicted octanol–water partition coefficient (Wildman–Crippen LogP) is 2.16. The minimum Gasteiger partial charge on any atom is -0.356 e. The highest BCUT2D eigenvalue weighted by molar-refractivity contribution is 14.0. The highest BCUT2D eigenvalue weighted by Gasteiger charge is 1.99. The second-order valence-electron chi connectivity index (χ2n) is 4.86. The van der Waals surface area contributed by atoms with E-state index in [4.69, 9.17) is 0 Å². The normalized spacial score (nSPS) is 11.6. The van der Waals surface area contributed by atoms with Gasteiger partial charge < -0.3 is 15.5 Å². The molecule has 0 fully saturated rings. The molecule has 0 aliphatic rings. The molecule has 0 aliphatic carbocycles. The van der Waals surface area contributed by atoms with Gasteiger partial charge in [-0.25, -0.2) is 0 Å². The Morgan fingerprint density at radius 3 is 2.33 bits per heavy atom. The molecule has 0 aromatic heterocycles. The minimum atomic E-state index is 0. The van der Waals surface area contributed by atoms with Gasteiger partial charge in [-0.05, 0) is 32.4 Å². The number of nitrogens with one attached hydrogen (secondary N) is 2. The highest BCUT2D eigenvalue weighted by atomic mass is 127. The van der Waals surface area contributed by atoms with Crippen LogP contribution in [-0.4, -0.2) is 51.1 Å². The second-order valence-corrected chi connectivity index (χ2v) is 4.86. The van der Waals surface area contributed by atoms with Gasteiger partial charge in [-0.1, -0.05) is 20.8 Å². The van der Waals surface area contributed by atoms with E-state index in [2.05, 4.69) is 48.3 Å². The Kier molecular flexibility index (Phi) is 15.1. The molecule has 0 bridgehead atoms. The zero-order chi connectivity index (χ0) is 13.1. The molecule has 0 aliphatic heterocycles. The smallest absolute Gasteiger partial charge is 0.191 e. The number of rotatable bonds is 8. The van der Waals surface area contributed by atoms with Crippen molar-refractivity contribution >= 4 is 29.9 Å². The third-order valence-corrected chi connectivity index (χ3v) is 2.80. The molecule has 110 valence electrons. The summed E-state index contributed by atoms with van der Waals surface area (Å²) >= 11 is 0. The van der Waals surface area contributed by atoms with E-state index >= 15 is 0 Å². The van der Waals surface area contributed by atoms with Crippen LogP contribution in [-0.2, 0) is 0 Å². The number of halogens is 1. The van der Waals surface area contributed by atoms with Gasteiger partial charge in [-0.2, -0.15) is 0 Å². The van der Waals surface area contributed by atoms with E-state index in [0.717, 1.165) is 38.1 Å². The molecule has 0 saturated heterocycles. The van der Waals surface area contributed by atoms with Gasteiger partial charge in [-0.15, -0.1) is 24.0 Å². The number of aliphatic imine (C=N–C) groups is 1. The lowest BCUT2D eigenvalue weighted by molar-refractivity contribution is 0.357. The summed E-state index contributed by atoms with van der Waals surface area (Å²) in [6, 6.07) is 0. The van der Waals surface area contributed by atoms with Crippen molar-refractivity contribution in [1.29, 1.82) is 0 Å². The second kappa shape index (κ2) is 13.4. The van der Waals surface area contributed by atoms with Crippen molar-refractivity contribution in [2.45, 2.75) is 33.6 Å². The molecule has 0 saturated carbocycles. The molecule has 5 heteroatoms. The first-order chi connectivity index (χ1) is 8.10. The lowest BCUT2D eigenvalue weighted by atomic mass is 10.1. The van der Waals surface area contributed by atoms with E-state index in [-0.39, 0.29) is 24.0 Å². The average Bonchev–Trinajstić information content (AvgIpc) is 2.31. The minimum absolute atomic E-state index is 0. The Hall–Kier alpha value is -0.0400. The molecule has 0 heterocycles. The van der Waals surface area contributed by atoms with Crippen LogP contribution < -0.4 is 10.6 Å². The van der Waals surface area contributed by atoms with Crippen LogP contribution in [0.2, 0.25) is 0 Å². The molecule has 0 aromatic rings. The molecule has 0 aromatic carbocycles. The van der Waals surface area contributed by atoms with Gasteiger partial charge in [0, 0.05) is 26.7 Å². The molecule has 0 atom stereocenters. The van der Waals surface area contributed by atoms with Gasteiger partial charge in [0.2, 0.25) is 0 Å². The number of hydrogen-bond donors (Lipinski definition) is 2. The first-order valence-corrected chi connectivity index (χ1v) is 6.73. The topological polar surface area (TPSA) is 39.7 Å². The zero-order valence-corrected chi connectivity index (χ0v) is 15.0. The van der Waals surface area contributed by atoms with Crippen molar-refractivity contribution in [3.05, 3.63) is 0 Å². The molecule has 2 N–H and O–H groups in total. The largest absolute Gasteiger partial charge is 0.356 e. The van der Waals surface area contributed by atoms with Crippen LogP contribution >= 0.6 is 24.0 Å². The van der Waals surface area contributed by atoms with Crippen LogP contribution in [0.25, 0.3) is 0 Å². The average molecular weight is 370 g/mol. The molecule has 18 heavy (non-hydrogen) atoms. The quantitative estimate of drug-likeness (QED) is 0.298. The summed E-state index contributed by atoms with van der Waals surface area (Å²) in [5.41, 5.74) is 0. The molecule has 0 rings (SSSR count). The summed E-state index contributed by atoms with van der Waals surface area (Å²) in [5.74, 6) is 1.70. The standard InChI is InChI=1S/C13H30N4.HI/c1-6-17(5)11-10-16-13(14-4)15-9-7-8-12(2)3;/h12H,6-11H2,1-5H3,(H2,14,15,16);1H. The van der Waals surface area contributed by atoms with E-state index in [0.29, 0.717) is 0 Å². The van der Waals surface area contributed by atoms with Crippen molar-refractivity contribution < 1.29 is 0 Å². The van der Waals surface area contributed by atoms with Gasteiger partial charge in [0.15, 0.2) is 5.96 Å². The zero-order valence-electron chi connectivity index (χ0n) is 12.6. The molecule has 0 unspecified atom stereocenters. The van der Waals surface area contributed by atoms with E-state index in [1.54, 1.807) is 0 Å². The summed E-state index contributed by atoms with van der Waals surface area (Å²) in [5, 5.41) is 6.66. The van der Waals surface area contributed by atoms with Gasteiger partial charge in [0.1, 0.15) is 0 Å². The molecule has 0 amide bonds. The van der Waals surface area contributed by atoms with Crippen LogP contribution in [0.3, 0.4) is 0 Å². The Balaban J connectivity index is 0. The number of nitrogens with zero attached hydrogens (tertiary/aromatic N) is 2. The fourth-order valence-electron chi connectivity index (χ4n) is 1.46. The van der Waals surface area contributed by atoms with Crippen molar-refractivity contribution in [3.8, 4) is 0 Å². The Morgan fingerprint density at radius 2 is 1.83 bits per heavy atom. The maximum atomic E-state index is 4.20. The van der Waals surface area contributed by atoms with E-state index in [9.17, 15) is 0 Å². The van der Waals surface area contributed by atoms with Crippen molar-refractivity contribution in [2.75, 3.05) is 40.3 Å². The van der Waals surface area contributed by atoms with Crippen molar-refractivity contribution in [3.63, 3.8) is 0 Å². The molecule has 4 nitrogen and oxygen atoms in total. The Bertz CT molecular complexity index is 207. The van der Waals surface area contributed by atoms with E-state index in [1.807, 2.05) is 7.05 Å². The molecular formula is C13H31IN4. The van der Waals surface area contributed by atoms with Crippen LogP contribution in [0, 0.1) is 5.92 Å². The lowest BCUT2D eigenvalue weighted by Gasteiger charge is -2.16. The number of hydrogen-bond acceptors (Lipinski definition) is 2. The maximum Gasteiger partial charge on any atom is 0.191 e. The lowest BCUT2D eigenvalue weighted by Crippen LogP contribution is -2.41. The summed E-state index contributed by atoms with van der Waals surface area (Å²) < 4.78 is 0. The van der Waals surface area contributed by atoms with Crippen LogP contribution in [0.1, 0.15) is 33.6 Å². The summed E-state index contributed by atoms with van der Waals surface area (Å²) in [7, 11) is 3.95.